The van der Waals surface area contributed by atoms with E-state index in [1.54, 1.807) is 0 Å². The summed E-state index contributed by atoms with van der Waals surface area (Å²) in [6.45, 7) is 3.77. The van der Waals surface area contributed by atoms with Gasteiger partial charge in [0.15, 0.2) is 0 Å². The molecule has 3 aromatic rings. The molecule has 0 unspecified atom stereocenters. The first-order valence-electron chi connectivity index (χ1n) is 8.32. The van der Waals surface area contributed by atoms with E-state index in [9.17, 15) is 0 Å². The van der Waals surface area contributed by atoms with Crippen LogP contribution in [0, 0.1) is 0 Å². The van der Waals surface area contributed by atoms with E-state index in [0.29, 0.717) is 18.2 Å². The zero-order chi connectivity index (χ0) is 16.5. The van der Waals surface area contributed by atoms with Crippen LogP contribution < -0.4 is 0 Å². The zero-order valence-electron chi connectivity index (χ0n) is 14.0. The van der Waals surface area contributed by atoms with Gasteiger partial charge in [0.2, 0.25) is 11.8 Å². The molecule has 0 radical (unpaired) electrons. The lowest BCUT2D eigenvalue weighted by Crippen LogP contribution is -2.40. The number of likely N-dealkylation sites (N-methyl/N-ethyl adjacent to an activating group) is 1. The lowest BCUT2D eigenvalue weighted by Gasteiger charge is -2.32. The summed E-state index contributed by atoms with van der Waals surface area (Å²) < 4.78 is 11.8. The molecule has 5 nitrogen and oxygen atoms in total. The van der Waals surface area contributed by atoms with Crippen LogP contribution in [-0.4, -0.2) is 41.3 Å². The first-order chi connectivity index (χ1) is 11.7. The zero-order valence-corrected chi connectivity index (χ0v) is 14.0. The standard InChI is InChI=1S/C19H21N3O2/c1-13-11-22(2)12-17(23-13)19-21-20-18(24-19)10-15-8-5-7-14-6-3-4-9-16(14)15/h3-9,13,17H,10-12H2,1-2H3/t13-,17-/m1/s1. The first-order valence-corrected chi connectivity index (χ1v) is 8.32. The summed E-state index contributed by atoms with van der Waals surface area (Å²) in [7, 11) is 2.08. The number of rotatable bonds is 3. The van der Waals surface area contributed by atoms with Gasteiger partial charge in [-0.3, -0.25) is 0 Å². The van der Waals surface area contributed by atoms with Crippen molar-refractivity contribution in [1.82, 2.24) is 15.1 Å². The van der Waals surface area contributed by atoms with Crippen molar-refractivity contribution in [2.24, 2.45) is 0 Å². The maximum absolute atomic E-state index is 5.94. The van der Waals surface area contributed by atoms with Crippen LogP contribution in [0.1, 0.15) is 30.4 Å². The van der Waals surface area contributed by atoms with Gasteiger partial charge in [-0.2, -0.15) is 0 Å². The minimum absolute atomic E-state index is 0.146. The van der Waals surface area contributed by atoms with E-state index in [1.807, 2.05) is 0 Å². The molecular weight excluding hydrogens is 302 g/mol. The minimum atomic E-state index is -0.146. The Morgan fingerprint density at radius 3 is 2.79 bits per heavy atom. The lowest BCUT2D eigenvalue weighted by atomic mass is 10.0. The van der Waals surface area contributed by atoms with Gasteiger partial charge >= 0.3 is 0 Å². The molecule has 24 heavy (non-hydrogen) atoms. The number of ether oxygens (including phenoxy) is 1. The number of benzene rings is 2. The Labute approximate surface area is 141 Å². The number of nitrogens with zero attached hydrogens (tertiary/aromatic N) is 3. The van der Waals surface area contributed by atoms with Gasteiger partial charge in [0.05, 0.1) is 12.5 Å². The van der Waals surface area contributed by atoms with E-state index in [2.05, 4.69) is 71.5 Å². The molecule has 0 bridgehead atoms. The largest absolute Gasteiger partial charge is 0.422 e. The average molecular weight is 323 g/mol. The van der Waals surface area contributed by atoms with Gasteiger partial charge < -0.3 is 14.1 Å². The fourth-order valence-electron chi connectivity index (χ4n) is 3.38. The van der Waals surface area contributed by atoms with Gasteiger partial charge in [0, 0.05) is 13.1 Å². The van der Waals surface area contributed by atoms with Crippen LogP contribution in [0.2, 0.25) is 0 Å². The predicted octanol–water partition coefficient (Wildman–Crippen LogP) is 3.21. The van der Waals surface area contributed by atoms with E-state index in [-0.39, 0.29) is 12.2 Å². The van der Waals surface area contributed by atoms with Crippen LogP contribution in [0.4, 0.5) is 0 Å². The highest BCUT2D eigenvalue weighted by Crippen LogP contribution is 2.25. The molecule has 1 aliphatic rings. The molecule has 5 heteroatoms. The van der Waals surface area contributed by atoms with Crippen molar-refractivity contribution in [2.45, 2.75) is 25.6 Å². The smallest absolute Gasteiger partial charge is 0.246 e. The van der Waals surface area contributed by atoms with Crippen LogP contribution >= 0.6 is 0 Å². The third-order valence-electron chi connectivity index (χ3n) is 4.42. The first kappa shape index (κ1) is 15.3. The topological polar surface area (TPSA) is 51.4 Å². The molecule has 1 fully saturated rings. The van der Waals surface area contributed by atoms with E-state index < -0.39 is 0 Å². The second-order valence-corrected chi connectivity index (χ2v) is 6.51. The number of aromatic nitrogens is 2. The van der Waals surface area contributed by atoms with Gasteiger partial charge in [-0.05, 0) is 30.3 Å². The summed E-state index contributed by atoms with van der Waals surface area (Å²) in [5.41, 5.74) is 1.19. The number of hydrogen-bond donors (Lipinski definition) is 0. The predicted molar refractivity (Wildman–Crippen MR) is 91.8 cm³/mol. The SMILES string of the molecule is C[C@@H]1CN(C)C[C@H](c2nnc(Cc3cccc4ccccc34)o2)O1. The van der Waals surface area contributed by atoms with Gasteiger partial charge in [0.1, 0.15) is 6.10 Å². The summed E-state index contributed by atoms with van der Waals surface area (Å²) >= 11 is 0. The molecule has 2 aromatic carbocycles. The van der Waals surface area contributed by atoms with Gasteiger partial charge in [0.25, 0.3) is 0 Å². The van der Waals surface area contributed by atoms with Crippen LogP contribution in [0.15, 0.2) is 46.9 Å². The fraction of sp³-hybridized carbons (Fsp3) is 0.368. The highest BCUT2D eigenvalue weighted by Gasteiger charge is 2.28. The summed E-state index contributed by atoms with van der Waals surface area (Å²) in [6, 6.07) is 14.6. The number of fused-ring (bicyclic) bond motifs is 1. The highest BCUT2D eigenvalue weighted by molar-refractivity contribution is 5.85. The number of morpholine rings is 1. The Hall–Kier alpha value is -2.24. The fourth-order valence-corrected chi connectivity index (χ4v) is 3.38. The summed E-state index contributed by atoms with van der Waals surface area (Å²) in [4.78, 5) is 2.23. The van der Waals surface area contributed by atoms with Crippen molar-refractivity contribution in [3.05, 3.63) is 59.8 Å². The van der Waals surface area contributed by atoms with Crippen LogP contribution in [0.25, 0.3) is 10.8 Å². The third-order valence-corrected chi connectivity index (χ3v) is 4.42. The molecule has 2 atom stereocenters. The molecule has 1 aromatic heterocycles. The third kappa shape index (κ3) is 3.05. The molecule has 0 N–H and O–H groups in total. The Kier molecular flexibility index (Phi) is 4.04. The molecule has 124 valence electrons. The van der Waals surface area contributed by atoms with Crippen LogP contribution in [0.3, 0.4) is 0 Å². The molecular formula is C19H21N3O2. The van der Waals surface area contributed by atoms with E-state index in [0.717, 1.165) is 13.1 Å². The molecule has 2 heterocycles. The highest BCUT2D eigenvalue weighted by atomic mass is 16.5. The Morgan fingerprint density at radius 1 is 1.08 bits per heavy atom. The van der Waals surface area contributed by atoms with Crippen LogP contribution in [-0.2, 0) is 11.2 Å². The molecule has 1 saturated heterocycles. The Balaban J connectivity index is 1.57. The van der Waals surface area contributed by atoms with Gasteiger partial charge in [-0.1, -0.05) is 42.5 Å². The Bertz CT molecular complexity index is 830. The van der Waals surface area contributed by atoms with Crippen LogP contribution in [0.5, 0.6) is 0 Å². The van der Waals surface area contributed by atoms with Crippen molar-refractivity contribution >= 4 is 10.8 Å². The maximum atomic E-state index is 5.94. The molecule has 0 spiro atoms. The maximum Gasteiger partial charge on any atom is 0.246 e. The van der Waals surface area contributed by atoms with Crippen molar-refractivity contribution < 1.29 is 9.15 Å². The van der Waals surface area contributed by atoms with E-state index >= 15 is 0 Å². The van der Waals surface area contributed by atoms with E-state index in [1.165, 1.54) is 16.3 Å². The monoisotopic (exact) mass is 323 g/mol. The second kappa shape index (κ2) is 6.34. The number of hydrogen-bond acceptors (Lipinski definition) is 5. The molecule has 0 amide bonds. The average Bonchev–Trinajstić information content (AvgIpc) is 3.03. The minimum Gasteiger partial charge on any atom is -0.422 e. The lowest BCUT2D eigenvalue weighted by molar-refractivity contribution is -0.0825. The normalized spacial score (nSPS) is 22.1. The summed E-state index contributed by atoms with van der Waals surface area (Å²) in [5, 5.41) is 10.9. The molecule has 0 saturated carbocycles. The quantitative estimate of drug-likeness (QED) is 0.741. The van der Waals surface area contributed by atoms with Gasteiger partial charge in [-0.25, -0.2) is 0 Å². The van der Waals surface area contributed by atoms with Crippen molar-refractivity contribution in [3.63, 3.8) is 0 Å². The Morgan fingerprint density at radius 2 is 1.92 bits per heavy atom. The van der Waals surface area contributed by atoms with Crippen molar-refractivity contribution in [2.75, 3.05) is 20.1 Å². The van der Waals surface area contributed by atoms with Crippen molar-refractivity contribution in [1.29, 1.82) is 0 Å². The summed E-state index contributed by atoms with van der Waals surface area (Å²) in [6.07, 6.45) is 0.654. The van der Waals surface area contributed by atoms with Crippen molar-refractivity contribution in [3.8, 4) is 0 Å². The molecule has 0 aliphatic carbocycles. The second-order valence-electron chi connectivity index (χ2n) is 6.51. The summed E-state index contributed by atoms with van der Waals surface area (Å²) in [5.74, 6) is 1.20. The molecule has 1 aliphatic heterocycles. The molecule has 4 rings (SSSR count). The van der Waals surface area contributed by atoms with Gasteiger partial charge in [-0.15, -0.1) is 10.2 Å². The van der Waals surface area contributed by atoms with E-state index in [4.69, 9.17) is 9.15 Å².